The zero-order valence-electron chi connectivity index (χ0n) is 10.6. The molecule has 0 bridgehead atoms. The number of rotatable bonds is 7. The van der Waals surface area contributed by atoms with E-state index >= 15 is 0 Å². The maximum Gasteiger partial charge on any atom is 0.310 e. The van der Waals surface area contributed by atoms with Crippen LogP contribution in [-0.2, 0) is 14.4 Å². The van der Waals surface area contributed by atoms with Crippen LogP contribution in [0.5, 0.6) is 0 Å². The molecule has 1 aliphatic heterocycles. The first-order valence-electron chi connectivity index (χ1n) is 6.25. The van der Waals surface area contributed by atoms with Crippen molar-refractivity contribution in [2.45, 2.75) is 32.6 Å². The van der Waals surface area contributed by atoms with E-state index in [-0.39, 0.29) is 17.7 Å². The predicted molar refractivity (Wildman–Crippen MR) is 64.9 cm³/mol. The minimum atomic E-state index is -0.825. The van der Waals surface area contributed by atoms with Crippen molar-refractivity contribution in [2.24, 2.45) is 5.92 Å². The highest BCUT2D eigenvalue weighted by atomic mass is 16.4. The Morgan fingerprint density at radius 2 is 1.89 bits per heavy atom. The molecule has 0 aromatic carbocycles. The molecule has 6 heteroatoms. The molecular formula is C12H20N2O4. The van der Waals surface area contributed by atoms with E-state index in [9.17, 15) is 14.4 Å². The number of carbonyl (C=O) groups is 3. The van der Waals surface area contributed by atoms with Gasteiger partial charge in [0.05, 0.1) is 5.92 Å². The number of carboxylic acid groups (broad SMARTS) is 1. The number of hydrogen-bond donors (Lipinski definition) is 2. The Hall–Kier alpha value is -1.59. The van der Waals surface area contributed by atoms with Crippen LogP contribution in [0.4, 0.5) is 0 Å². The van der Waals surface area contributed by atoms with Gasteiger partial charge in [-0.2, -0.15) is 0 Å². The van der Waals surface area contributed by atoms with Gasteiger partial charge in [0.1, 0.15) is 0 Å². The number of nitrogens with zero attached hydrogens (tertiary/aromatic N) is 1. The molecule has 2 N–H and O–H groups in total. The van der Waals surface area contributed by atoms with Gasteiger partial charge in [-0.05, 0) is 12.8 Å². The molecule has 0 atom stereocenters. The number of carbonyl (C=O) groups excluding carboxylic acids is 2. The number of nitrogens with one attached hydrogen (secondary N) is 1. The molecule has 0 aliphatic carbocycles. The average molecular weight is 256 g/mol. The summed E-state index contributed by atoms with van der Waals surface area (Å²) in [6.45, 7) is 2.82. The van der Waals surface area contributed by atoms with E-state index in [2.05, 4.69) is 5.32 Å². The Bertz CT molecular complexity index is 324. The Morgan fingerprint density at radius 3 is 2.44 bits per heavy atom. The maximum atomic E-state index is 11.6. The normalized spacial score (nSPS) is 15.1. The van der Waals surface area contributed by atoms with Crippen LogP contribution in [0.25, 0.3) is 0 Å². The minimum absolute atomic E-state index is 0.0343. The topological polar surface area (TPSA) is 86.7 Å². The van der Waals surface area contributed by atoms with Crippen molar-refractivity contribution >= 4 is 17.8 Å². The van der Waals surface area contributed by atoms with Gasteiger partial charge in [-0.3, -0.25) is 14.4 Å². The predicted octanol–water partition coefficient (Wildman–Crippen LogP) is 0.226. The Kier molecular flexibility index (Phi) is 5.61. The summed E-state index contributed by atoms with van der Waals surface area (Å²) in [6.07, 6.45) is 3.01. The van der Waals surface area contributed by atoms with Crippen LogP contribution in [-0.4, -0.2) is 47.4 Å². The summed E-state index contributed by atoms with van der Waals surface area (Å²) in [7, 11) is 0. The van der Waals surface area contributed by atoms with Gasteiger partial charge < -0.3 is 15.3 Å². The van der Waals surface area contributed by atoms with Crippen molar-refractivity contribution in [2.75, 3.05) is 19.6 Å². The zero-order chi connectivity index (χ0) is 13.5. The number of likely N-dealkylation sites (tertiary alicyclic amines) is 1. The lowest BCUT2D eigenvalue weighted by Gasteiger charge is -2.36. The second-order valence-corrected chi connectivity index (χ2v) is 4.63. The number of unbranched alkanes of at least 4 members (excludes halogenated alkanes) is 2. The average Bonchev–Trinajstić information content (AvgIpc) is 2.19. The summed E-state index contributed by atoms with van der Waals surface area (Å²) in [5.41, 5.74) is 0. The minimum Gasteiger partial charge on any atom is -0.481 e. The number of amides is 2. The van der Waals surface area contributed by atoms with Crippen molar-refractivity contribution in [3.8, 4) is 0 Å². The van der Waals surface area contributed by atoms with Crippen molar-refractivity contribution in [3.63, 3.8) is 0 Å². The molecule has 1 fully saturated rings. The van der Waals surface area contributed by atoms with Gasteiger partial charge in [-0.25, -0.2) is 0 Å². The van der Waals surface area contributed by atoms with Gasteiger partial charge in [0, 0.05) is 33.0 Å². The van der Waals surface area contributed by atoms with Gasteiger partial charge in [-0.1, -0.05) is 6.42 Å². The van der Waals surface area contributed by atoms with Crippen LogP contribution in [0.3, 0.4) is 0 Å². The summed E-state index contributed by atoms with van der Waals surface area (Å²) < 4.78 is 0. The van der Waals surface area contributed by atoms with Crippen molar-refractivity contribution < 1.29 is 19.5 Å². The lowest BCUT2D eigenvalue weighted by molar-refractivity contribution is -0.152. The molecule has 0 spiro atoms. The van der Waals surface area contributed by atoms with E-state index in [1.54, 1.807) is 4.90 Å². The van der Waals surface area contributed by atoms with Gasteiger partial charge in [0.25, 0.3) is 0 Å². The second kappa shape index (κ2) is 6.98. The third-order valence-corrected chi connectivity index (χ3v) is 3.02. The lowest BCUT2D eigenvalue weighted by atomic mass is 9.99. The molecule has 1 rings (SSSR count). The first-order valence-corrected chi connectivity index (χ1v) is 6.25. The van der Waals surface area contributed by atoms with Crippen LogP contribution >= 0.6 is 0 Å². The molecule has 18 heavy (non-hydrogen) atoms. The lowest BCUT2D eigenvalue weighted by Crippen LogP contribution is -2.52. The zero-order valence-corrected chi connectivity index (χ0v) is 10.6. The quantitative estimate of drug-likeness (QED) is 0.638. The van der Waals surface area contributed by atoms with Crippen LogP contribution < -0.4 is 5.32 Å². The van der Waals surface area contributed by atoms with Crippen LogP contribution in [0.15, 0.2) is 0 Å². The fraction of sp³-hybridized carbons (Fsp3) is 0.750. The third-order valence-electron chi connectivity index (χ3n) is 3.02. The molecule has 0 aromatic heterocycles. The molecule has 1 saturated heterocycles. The molecule has 0 unspecified atom stereocenters. The SMILES string of the molecule is CC(=O)NCCCCCC(=O)N1CC(C(=O)O)C1. The summed E-state index contributed by atoms with van der Waals surface area (Å²) in [6, 6.07) is 0. The number of hydrogen-bond acceptors (Lipinski definition) is 3. The fourth-order valence-corrected chi connectivity index (χ4v) is 1.84. The molecule has 2 amide bonds. The molecule has 102 valence electrons. The maximum absolute atomic E-state index is 11.6. The summed E-state index contributed by atoms with van der Waals surface area (Å²) in [4.78, 5) is 34.3. The van der Waals surface area contributed by atoms with Gasteiger partial charge in [0.15, 0.2) is 0 Å². The molecule has 1 heterocycles. The van der Waals surface area contributed by atoms with E-state index in [1.165, 1.54) is 6.92 Å². The van der Waals surface area contributed by atoms with Crippen LogP contribution in [0, 0.1) is 5.92 Å². The molecule has 6 nitrogen and oxygen atoms in total. The Labute approximate surface area is 106 Å². The standard InChI is InChI=1S/C12H20N2O4/c1-9(15)13-6-4-2-3-5-11(16)14-7-10(8-14)12(17)18/h10H,2-8H2,1H3,(H,13,15)(H,17,18). The molecule has 0 saturated carbocycles. The Morgan fingerprint density at radius 1 is 1.22 bits per heavy atom. The largest absolute Gasteiger partial charge is 0.481 e. The van der Waals surface area contributed by atoms with Crippen molar-refractivity contribution in [1.29, 1.82) is 0 Å². The first-order chi connectivity index (χ1) is 8.50. The summed E-state index contributed by atoms with van der Waals surface area (Å²) in [5, 5.41) is 11.4. The third kappa shape index (κ3) is 4.73. The smallest absolute Gasteiger partial charge is 0.310 e. The van der Waals surface area contributed by atoms with E-state index < -0.39 is 5.97 Å². The van der Waals surface area contributed by atoms with E-state index in [4.69, 9.17) is 5.11 Å². The van der Waals surface area contributed by atoms with Gasteiger partial charge >= 0.3 is 5.97 Å². The van der Waals surface area contributed by atoms with Crippen molar-refractivity contribution in [3.05, 3.63) is 0 Å². The van der Waals surface area contributed by atoms with Crippen LogP contribution in [0.2, 0.25) is 0 Å². The van der Waals surface area contributed by atoms with E-state index in [0.717, 1.165) is 19.3 Å². The molecule has 0 radical (unpaired) electrons. The van der Waals surface area contributed by atoms with Crippen molar-refractivity contribution in [1.82, 2.24) is 10.2 Å². The van der Waals surface area contributed by atoms with Gasteiger partial charge in [-0.15, -0.1) is 0 Å². The molecule has 0 aromatic rings. The Balaban J connectivity index is 1.98. The monoisotopic (exact) mass is 256 g/mol. The highest BCUT2D eigenvalue weighted by molar-refractivity contribution is 5.80. The van der Waals surface area contributed by atoms with Gasteiger partial charge in [0.2, 0.25) is 11.8 Å². The highest BCUT2D eigenvalue weighted by Crippen LogP contribution is 2.17. The molecular weight excluding hydrogens is 236 g/mol. The van der Waals surface area contributed by atoms with Crippen LogP contribution in [0.1, 0.15) is 32.6 Å². The van der Waals surface area contributed by atoms with E-state index in [1.807, 2.05) is 0 Å². The second-order valence-electron chi connectivity index (χ2n) is 4.63. The summed E-state index contributed by atoms with van der Waals surface area (Å²) in [5.74, 6) is -1.21. The first kappa shape index (κ1) is 14.5. The number of aliphatic carboxylic acids is 1. The van der Waals surface area contributed by atoms with E-state index in [0.29, 0.717) is 26.1 Å². The molecule has 1 aliphatic rings. The summed E-state index contributed by atoms with van der Waals surface area (Å²) >= 11 is 0. The number of carboxylic acids is 1. The fourth-order valence-electron chi connectivity index (χ4n) is 1.84. The highest BCUT2D eigenvalue weighted by Gasteiger charge is 2.34.